The summed E-state index contributed by atoms with van der Waals surface area (Å²) in [5, 5.41) is 11.1. The van der Waals surface area contributed by atoms with Crippen LogP contribution in [0.5, 0.6) is 0 Å². The molecule has 7 heteroatoms. The van der Waals surface area contributed by atoms with E-state index in [4.69, 9.17) is 9.84 Å². The predicted molar refractivity (Wildman–Crippen MR) is 75.1 cm³/mol. The van der Waals surface area contributed by atoms with E-state index < -0.39 is 5.97 Å². The van der Waals surface area contributed by atoms with E-state index in [-0.39, 0.29) is 31.3 Å². The van der Waals surface area contributed by atoms with Gasteiger partial charge >= 0.3 is 5.97 Å². The van der Waals surface area contributed by atoms with Crippen molar-refractivity contribution in [2.24, 2.45) is 0 Å². The smallest absolute Gasteiger partial charge is 0.303 e. The second-order valence-corrected chi connectivity index (χ2v) is 4.59. The fourth-order valence-corrected chi connectivity index (χ4v) is 1.96. The Bertz CT molecular complexity index is 541. The maximum atomic E-state index is 11.7. The van der Waals surface area contributed by atoms with Crippen molar-refractivity contribution in [3.8, 4) is 0 Å². The van der Waals surface area contributed by atoms with Crippen LogP contribution >= 0.6 is 0 Å². The fraction of sp³-hybridized carbons (Fsp3) is 0.357. The number of hydrogen-bond donors (Lipinski definition) is 2. The summed E-state index contributed by atoms with van der Waals surface area (Å²) in [6.07, 6.45) is -0.273. The highest BCUT2D eigenvalue weighted by Gasteiger charge is 2.19. The summed E-state index contributed by atoms with van der Waals surface area (Å²) in [4.78, 5) is 35.2. The number of morpholine rings is 1. The first-order chi connectivity index (χ1) is 10.1. The molecule has 1 aromatic rings. The quantitative estimate of drug-likeness (QED) is 0.839. The van der Waals surface area contributed by atoms with Crippen LogP contribution in [-0.2, 0) is 19.1 Å². The summed E-state index contributed by atoms with van der Waals surface area (Å²) in [7, 11) is 0. The van der Waals surface area contributed by atoms with Crippen molar-refractivity contribution in [3.05, 3.63) is 24.3 Å². The van der Waals surface area contributed by atoms with Crippen molar-refractivity contribution in [1.29, 1.82) is 0 Å². The molecule has 1 aromatic carbocycles. The lowest BCUT2D eigenvalue weighted by Crippen LogP contribution is -2.41. The van der Waals surface area contributed by atoms with Gasteiger partial charge in [-0.3, -0.25) is 14.4 Å². The first kappa shape index (κ1) is 15.0. The van der Waals surface area contributed by atoms with Crippen molar-refractivity contribution in [3.63, 3.8) is 0 Å². The standard InChI is InChI=1S/C14H16N2O5/c17-12(5-6-14(19)20)15-10-1-3-11(4-2-10)16-7-8-21-9-13(16)18/h1-4H,5-9H2,(H,15,17)(H,19,20). The van der Waals surface area contributed by atoms with Crippen LogP contribution in [0.15, 0.2) is 24.3 Å². The molecular weight excluding hydrogens is 276 g/mol. The summed E-state index contributed by atoms with van der Waals surface area (Å²) in [5.41, 5.74) is 1.31. The lowest BCUT2D eigenvalue weighted by molar-refractivity contribution is -0.138. The van der Waals surface area contributed by atoms with Gasteiger partial charge in [-0.15, -0.1) is 0 Å². The molecule has 0 spiro atoms. The van der Waals surface area contributed by atoms with E-state index in [1.54, 1.807) is 29.2 Å². The van der Waals surface area contributed by atoms with Crippen molar-refractivity contribution < 1.29 is 24.2 Å². The van der Waals surface area contributed by atoms with E-state index in [1.165, 1.54) is 0 Å². The van der Waals surface area contributed by atoms with Gasteiger partial charge in [-0.05, 0) is 24.3 Å². The molecule has 21 heavy (non-hydrogen) atoms. The molecule has 2 rings (SSSR count). The third-order valence-electron chi connectivity index (χ3n) is 3.01. The van der Waals surface area contributed by atoms with Crippen LogP contribution in [0.25, 0.3) is 0 Å². The van der Waals surface area contributed by atoms with Crippen molar-refractivity contribution in [2.45, 2.75) is 12.8 Å². The molecule has 1 saturated heterocycles. The average Bonchev–Trinajstić information content (AvgIpc) is 2.47. The highest BCUT2D eigenvalue weighted by molar-refractivity contribution is 5.96. The molecule has 0 radical (unpaired) electrons. The number of carbonyl (C=O) groups excluding carboxylic acids is 2. The highest BCUT2D eigenvalue weighted by atomic mass is 16.5. The zero-order valence-electron chi connectivity index (χ0n) is 11.4. The van der Waals surface area contributed by atoms with Gasteiger partial charge in [-0.25, -0.2) is 0 Å². The molecule has 0 aliphatic carbocycles. The average molecular weight is 292 g/mol. The first-order valence-corrected chi connectivity index (χ1v) is 6.56. The molecule has 0 bridgehead atoms. The van der Waals surface area contributed by atoms with E-state index in [9.17, 15) is 14.4 Å². The maximum Gasteiger partial charge on any atom is 0.303 e. The summed E-state index contributed by atoms with van der Waals surface area (Å²) >= 11 is 0. The van der Waals surface area contributed by atoms with Gasteiger partial charge in [-0.2, -0.15) is 0 Å². The van der Waals surface area contributed by atoms with Gasteiger partial charge in [0.2, 0.25) is 5.91 Å². The van der Waals surface area contributed by atoms with Gasteiger partial charge in [0, 0.05) is 24.3 Å². The third kappa shape index (κ3) is 4.28. The second kappa shape index (κ2) is 6.85. The van der Waals surface area contributed by atoms with Crippen LogP contribution in [0.3, 0.4) is 0 Å². The number of rotatable bonds is 5. The largest absolute Gasteiger partial charge is 0.481 e. The van der Waals surface area contributed by atoms with Gasteiger partial charge in [-0.1, -0.05) is 0 Å². The number of aliphatic carboxylic acids is 1. The lowest BCUT2D eigenvalue weighted by atomic mass is 10.2. The van der Waals surface area contributed by atoms with Crippen LogP contribution in [0.1, 0.15) is 12.8 Å². The molecule has 2 amide bonds. The number of carbonyl (C=O) groups is 3. The predicted octanol–water partition coefficient (Wildman–Crippen LogP) is 0.853. The van der Waals surface area contributed by atoms with Gasteiger partial charge in [0.15, 0.2) is 0 Å². The molecule has 7 nitrogen and oxygen atoms in total. The molecule has 0 unspecified atom stereocenters. The second-order valence-electron chi connectivity index (χ2n) is 4.59. The summed E-state index contributed by atoms with van der Waals surface area (Å²) in [6, 6.07) is 6.82. The molecule has 0 saturated carbocycles. The van der Waals surface area contributed by atoms with Crippen molar-refractivity contribution >= 4 is 29.2 Å². The number of amides is 2. The Labute approximate surface area is 121 Å². The third-order valence-corrected chi connectivity index (χ3v) is 3.01. The fourth-order valence-electron chi connectivity index (χ4n) is 1.96. The van der Waals surface area contributed by atoms with Crippen molar-refractivity contribution in [2.75, 3.05) is 30.0 Å². The Hall–Kier alpha value is -2.41. The van der Waals surface area contributed by atoms with E-state index in [1.807, 2.05) is 0 Å². The number of ether oxygens (including phenoxy) is 1. The Morgan fingerprint density at radius 3 is 2.57 bits per heavy atom. The number of anilines is 2. The Balaban J connectivity index is 1.94. The Kier molecular flexibility index (Phi) is 4.89. The molecule has 1 heterocycles. The Morgan fingerprint density at radius 2 is 1.95 bits per heavy atom. The molecular formula is C14H16N2O5. The van der Waals surface area contributed by atoms with Gasteiger partial charge < -0.3 is 20.1 Å². The van der Waals surface area contributed by atoms with Crippen LogP contribution in [-0.4, -0.2) is 42.6 Å². The van der Waals surface area contributed by atoms with Crippen LogP contribution in [0.4, 0.5) is 11.4 Å². The lowest BCUT2D eigenvalue weighted by Gasteiger charge is -2.26. The summed E-state index contributed by atoms with van der Waals surface area (Å²) < 4.78 is 5.06. The number of nitrogens with one attached hydrogen (secondary N) is 1. The van der Waals surface area contributed by atoms with E-state index >= 15 is 0 Å². The maximum absolute atomic E-state index is 11.7. The topological polar surface area (TPSA) is 95.9 Å². The summed E-state index contributed by atoms with van der Waals surface area (Å²) in [5.74, 6) is -1.46. The number of benzene rings is 1. The minimum absolute atomic E-state index is 0.0704. The Morgan fingerprint density at radius 1 is 1.24 bits per heavy atom. The summed E-state index contributed by atoms with van der Waals surface area (Å²) in [6.45, 7) is 1.08. The van der Waals surface area contributed by atoms with E-state index in [0.29, 0.717) is 18.8 Å². The first-order valence-electron chi connectivity index (χ1n) is 6.56. The monoisotopic (exact) mass is 292 g/mol. The molecule has 0 atom stereocenters. The minimum Gasteiger partial charge on any atom is -0.481 e. The van der Waals surface area contributed by atoms with E-state index in [2.05, 4.69) is 5.32 Å². The van der Waals surface area contributed by atoms with Crippen LogP contribution in [0, 0.1) is 0 Å². The zero-order chi connectivity index (χ0) is 15.2. The number of nitrogens with zero attached hydrogens (tertiary/aromatic N) is 1. The van der Waals surface area contributed by atoms with Crippen LogP contribution in [0.2, 0.25) is 0 Å². The molecule has 2 N–H and O–H groups in total. The van der Waals surface area contributed by atoms with E-state index in [0.717, 1.165) is 5.69 Å². The van der Waals surface area contributed by atoms with Crippen molar-refractivity contribution in [1.82, 2.24) is 0 Å². The SMILES string of the molecule is O=C(O)CCC(=O)Nc1ccc(N2CCOCC2=O)cc1. The highest BCUT2D eigenvalue weighted by Crippen LogP contribution is 2.19. The zero-order valence-corrected chi connectivity index (χ0v) is 11.4. The molecule has 1 fully saturated rings. The molecule has 1 aliphatic heterocycles. The number of carboxylic acid groups (broad SMARTS) is 1. The normalized spacial score (nSPS) is 14.9. The molecule has 1 aliphatic rings. The molecule has 0 aromatic heterocycles. The van der Waals surface area contributed by atoms with Crippen LogP contribution < -0.4 is 10.2 Å². The minimum atomic E-state index is -1.01. The van der Waals surface area contributed by atoms with Gasteiger partial charge in [0.25, 0.3) is 5.91 Å². The number of hydrogen-bond acceptors (Lipinski definition) is 4. The number of carboxylic acids is 1. The van der Waals surface area contributed by atoms with Gasteiger partial charge in [0.1, 0.15) is 6.61 Å². The van der Waals surface area contributed by atoms with Gasteiger partial charge in [0.05, 0.1) is 13.0 Å². The molecule has 112 valence electrons.